The van der Waals surface area contributed by atoms with Gasteiger partial charge in [0.2, 0.25) is 21.8 Å². The molecule has 2 N–H and O–H groups in total. The van der Waals surface area contributed by atoms with Crippen LogP contribution in [0.2, 0.25) is 0 Å². The minimum atomic E-state index is -3.59. The van der Waals surface area contributed by atoms with E-state index in [9.17, 15) is 18.0 Å². The van der Waals surface area contributed by atoms with Crippen molar-refractivity contribution in [2.45, 2.75) is 37.1 Å². The van der Waals surface area contributed by atoms with E-state index in [1.807, 2.05) is 17.5 Å². The number of piperidine rings is 1. The second-order valence-electron chi connectivity index (χ2n) is 6.71. The SMILES string of the molecule is CC(=O)Nc1ccc(S(=O)(=O)N2CCC(NC(=O)Cc3cccs3)CC2)cc1. The molecule has 0 saturated carbocycles. The lowest BCUT2D eigenvalue weighted by Gasteiger charge is -2.31. The summed E-state index contributed by atoms with van der Waals surface area (Å²) in [5.41, 5.74) is 0.554. The van der Waals surface area contributed by atoms with Gasteiger partial charge in [0.25, 0.3) is 0 Å². The quantitative estimate of drug-likeness (QED) is 0.748. The van der Waals surface area contributed by atoms with Gasteiger partial charge in [0.05, 0.1) is 11.3 Å². The third-order valence-electron chi connectivity index (χ3n) is 4.55. The molecule has 1 fully saturated rings. The number of rotatable bonds is 6. The Morgan fingerprint density at radius 3 is 2.39 bits per heavy atom. The predicted molar refractivity (Wildman–Crippen MR) is 109 cm³/mol. The van der Waals surface area contributed by atoms with Gasteiger partial charge < -0.3 is 10.6 Å². The van der Waals surface area contributed by atoms with Crippen LogP contribution in [0, 0.1) is 0 Å². The van der Waals surface area contributed by atoms with Crippen molar-refractivity contribution in [1.29, 1.82) is 0 Å². The topological polar surface area (TPSA) is 95.6 Å². The van der Waals surface area contributed by atoms with Gasteiger partial charge in [-0.1, -0.05) is 6.07 Å². The molecule has 9 heteroatoms. The number of carbonyl (C=O) groups is 2. The molecule has 0 spiro atoms. The molecule has 1 aliphatic heterocycles. The maximum atomic E-state index is 12.8. The first kappa shape index (κ1) is 20.5. The van der Waals surface area contributed by atoms with Crippen molar-refractivity contribution in [3.8, 4) is 0 Å². The highest BCUT2D eigenvalue weighted by molar-refractivity contribution is 7.89. The number of amides is 2. The van der Waals surface area contributed by atoms with Gasteiger partial charge in [-0.2, -0.15) is 4.31 Å². The van der Waals surface area contributed by atoms with E-state index in [4.69, 9.17) is 0 Å². The van der Waals surface area contributed by atoms with Crippen LogP contribution in [0.1, 0.15) is 24.6 Å². The van der Waals surface area contributed by atoms with Crippen LogP contribution in [0.15, 0.2) is 46.7 Å². The Hall–Kier alpha value is -2.23. The number of hydrogen-bond donors (Lipinski definition) is 2. The molecule has 1 aromatic carbocycles. The molecular weight excluding hydrogens is 398 g/mol. The second kappa shape index (κ2) is 8.85. The first-order chi connectivity index (χ1) is 13.3. The van der Waals surface area contributed by atoms with Crippen LogP contribution in [-0.4, -0.2) is 43.7 Å². The Balaban J connectivity index is 1.54. The molecule has 0 radical (unpaired) electrons. The molecule has 1 saturated heterocycles. The molecule has 1 aliphatic rings. The van der Waals surface area contributed by atoms with Crippen molar-refractivity contribution in [1.82, 2.24) is 9.62 Å². The number of carbonyl (C=O) groups excluding carboxylic acids is 2. The largest absolute Gasteiger partial charge is 0.353 e. The fraction of sp³-hybridized carbons (Fsp3) is 0.368. The van der Waals surface area contributed by atoms with Gasteiger partial charge in [-0.15, -0.1) is 11.3 Å². The summed E-state index contributed by atoms with van der Waals surface area (Å²) in [4.78, 5) is 24.4. The molecule has 7 nitrogen and oxygen atoms in total. The smallest absolute Gasteiger partial charge is 0.243 e. The normalized spacial score (nSPS) is 15.9. The van der Waals surface area contributed by atoms with Crippen LogP contribution in [0.25, 0.3) is 0 Å². The third kappa shape index (κ3) is 5.18. The highest BCUT2D eigenvalue weighted by Crippen LogP contribution is 2.22. The summed E-state index contributed by atoms with van der Waals surface area (Å²) in [5, 5.41) is 7.56. The molecule has 0 aliphatic carbocycles. The lowest BCUT2D eigenvalue weighted by Crippen LogP contribution is -2.46. The molecule has 28 heavy (non-hydrogen) atoms. The molecule has 2 aromatic rings. The lowest BCUT2D eigenvalue weighted by atomic mass is 10.1. The number of nitrogens with one attached hydrogen (secondary N) is 2. The number of hydrogen-bond acceptors (Lipinski definition) is 5. The van der Waals surface area contributed by atoms with Crippen molar-refractivity contribution >= 4 is 38.9 Å². The Kier molecular flexibility index (Phi) is 6.48. The van der Waals surface area contributed by atoms with E-state index in [0.29, 0.717) is 38.0 Å². The minimum Gasteiger partial charge on any atom is -0.353 e. The van der Waals surface area contributed by atoms with Gasteiger partial charge in [-0.3, -0.25) is 9.59 Å². The molecule has 1 aromatic heterocycles. The first-order valence-electron chi connectivity index (χ1n) is 9.04. The van der Waals surface area contributed by atoms with Crippen molar-refractivity contribution in [2.24, 2.45) is 0 Å². The van der Waals surface area contributed by atoms with Crippen molar-refractivity contribution in [2.75, 3.05) is 18.4 Å². The van der Waals surface area contributed by atoms with Gasteiger partial charge in [-0.05, 0) is 48.6 Å². The van der Waals surface area contributed by atoms with E-state index in [0.717, 1.165) is 4.88 Å². The first-order valence-corrected chi connectivity index (χ1v) is 11.4. The number of sulfonamides is 1. The number of anilines is 1. The number of benzene rings is 1. The zero-order valence-electron chi connectivity index (χ0n) is 15.6. The molecule has 2 heterocycles. The lowest BCUT2D eigenvalue weighted by molar-refractivity contribution is -0.121. The second-order valence-corrected chi connectivity index (χ2v) is 9.68. The molecule has 0 bridgehead atoms. The van der Waals surface area contributed by atoms with Crippen LogP contribution in [0.4, 0.5) is 5.69 Å². The molecule has 0 atom stereocenters. The standard InChI is InChI=1S/C19H23N3O4S2/c1-14(23)20-15-4-6-18(7-5-15)28(25,26)22-10-8-16(9-11-22)21-19(24)13-17-3-2-12-27-17/h2-7,12,16H,8-11,13H2,1H3,(H,20,23)(H,21,24). The van der Waals surface area contributed by atoms with Crippen LogP contribution in [0.3, 0.4) is 0 Å². The van der Waals surface area contributed by atoms with Gasteiger partial charge in [0.15, 0.2) is 0 Å². The molecular formula is C19H23N3O4S2. The Bertz CT molecular complexity index is 917. The van der Waals surface area contributed by atoms with Crippen molar-refractivity contribution < 1.29 is 18.0 Å². The van der Waals surface area contributed by atoms with E-state index < -0.39 is 10.0 Å². The fourth-order valence-corrected chi connectivity index (χ4v) is 5.33. The van der Waals surface area contributed by atoms with E-state index in [-0.39, 0.29) is 22.8 Å². The van der Waals surface area contributed by atoms with E-state index >= 15 is 0 Å². The van der Waals surface area contributed by atoms with Gasteiger partial charge in [-0.25, -0.2) is 8.42 Å². The maximum Gasteiger partial charge on any atom is 0.243 e. The zero-order chi connectivity index (χ0) is 20.1. The van der Waals surface area contributed by atoms with Gasteiger partial charge in [0, 0.05) is 36.6 Å². The number of thiophene rings is 1. The molecule has 3 rings (SSSR count). The Labute approximate surface area is 168 Å². The van der Waals surface area contributed by atoms with Crippen LogP contribution >= 0.6 is 11.3 Å². The fourth-order valence-electron chi connectivity index (χ4n) is 3.15. The van der Waals surface area contributed by atoms with Crippen LogP contribution in [-0.2, 0) is 26.0 Å². The summed E-state index contributed by atoms with van der Waals surface area (Å²) in [6.07, 6.45) is 1.52. The minimum absolute atomic E-state index is 0.0129. The zero-order valence-corrected chi connectivity index (χ0v) is 17.2. The maximum absolute atomic E-state index is 12.8. The monoisotopic (exact) mass is 421 g/mol. The summed E-state index contributed by atoms with van der Waals surface area (Å²) >= 11 is 1.55. The summed E-state index contributed by atoms with van der Waals surface area (Å²) in [6.45, 7) is 2.12. The van der Waals surface area contributed by atoms with Gasteiger partial charge >= 0.3 is 0 Å². The summed E-state index contributed by atoms with van der Waals surface area (Å²) < 4.78 is 27.1. The van der Waals surface area contributed by atoms with Crippen molar-refractivity contribution in [3.05, 3.63) is 46.7 Å². The molecule has 0 unspecified atom stereocenters. The average Bonchev–Trinajstić information content (AvgIpc) is 3.15. The number of nitrogens with zero attached hydrogens (tertiary/aromatic N) is 1. The Morgan fingerprint density at radius 2 is 1.82 bits per heavy atom. The van der Waals surface area contributed by atoms with Gasteiger partial charge in [0.1, 0.15) is 0 Å². The van der Waals surface area contributed by atoms with Crippen molar-refractivity contribution in [3.63, 3.8) is 0 Å². The third-order valence-corrected chi connectivity index (χ3v) is 7.34. The summed E-state index contributed by atoms with van der Waals surface area (Å²) in [5.74, 6) is -0.240. The van der Waals surface area contributed by atoms with E-state index in [1.165, 1.54) is 23.4 Å². The summed E-state index contributed by atoms with van der Waals surface area (Å²) in [7, 11) is -3.59. The summed E-state index contributed by atoms with van der Waals surface area (Å²) in [6, 6.07) is 9.97. The van der Waals surface area contributed by atoms with Crippen LogP contribution < -0.4 is 10.6 Å². The van der Waals surface area contributed by atoms with E-state index in [1.54, 1.807) is 23.5 Å². The molecule has 2 amide bonds. The van der Waals surface area contributed by atoms with Crippen LogP contribution in [0.5, 0.6) is 0 Å². The average molecular weight is 422 g/mol. The highest BCUT2D eigenvalue weighted by Gasteiger charge is 2.30. The predicted octanol–water partition coefficient (Wildman–Crippen LogP) is 2.22. The van der Waals surface area contributed by atoms with E-state index in [2.05, 4.69) is 10.6 Å². The highest BCUT2D eigenvalue weighted by atomic mass is 32.2. The Morgan fingerprint density at radius 1 is 1.14 bits per heavy atom. The molecule has 150 valence electrons.